The number of ether oxygens (including phenoxy) is 1. The van der Waals surface area contributed by atoms with Crippen LogP contribution in [0.1, 0.15) is 29.8 Å². The topological polar surface area (TPSA) is 41.6 Å². The number of likely N-dealkylation sites (N-methyl/N-ethyl adjacent to an activating group) is 1. The number of nitrogens with zero attached hydrogens (tertiary/aromatic N) is 1. The van der Waals surface area contributed by atoms with Gasteiger partial charge in [-0.05, 0) is 36.9 Å². The number of amides is 1. The Morgan fingerprint density at radius 3 is 3.15 bits per heavy atom. The monoisotopic (exact) mass is 294 g/mol. The summed E-state index contributed by atoms with van der Waals surface area (Å²) in [5.74, 6) is 0.222. The van der Waals surface area contributed by atoms with Crippen molar-refractivity contribution in [2.75, 3.05) is 26.8 Å². The second-order valence-electron chi connectivity index (χ2n) is 5.54. The van der Waals surface area contributed by atoms with Crippen molar-refractivity contribution >= 4 is 17.2 Å². The van der Waals surface area contributed by atoms with Gasteiger partial charge in [0.05, 0.1) is 25.2 Å². The predicted molar refractivity (Wildman–Crippen MR) is 79.9 cm³/mol. The van der Waals surface area contributed by atoms with Crippen molar-refractivity contribution in [2.24, 2.45) is 5.92 Å². The first-order valence-electron chi connectivity index (χ1n) is 7.38. The molecule has 0 aromatic carbocycles. The van der Waals surface area contributed by atoms with Gasteiger partial charge in [0.2, 0.25) is 5.91 Å². The van der Waals surface area contributed by atoms with Crippen molar-refractivity contribution in [3.63, 3.8) is 0 Å². The zero-order chi connectivity index (χ0) is 14.1. The van der Waals surface area contributed by atoms with Gasteiger partial charge in [-0.25, -0.2) is 0 Å². The van der Waals surface area contributed by atoms with E-state index in [9.17, 15) is 4.79 Å². The van der Waals surface area contributed by atoms with E-state index in [0.717, 1.165) is 19.4 Å². The van der Waals surface area contributed by atoms with Crippen LogP contribution in [0.2, 0.25) is 0 Å². The summed E-state index contributed by atoms with van der Waals surface area (Å²) < 4.78 is 5.49. The Bertz CT molecular complexity index is 488. The van der Waals surface area contributed by atoms with Crippen LogP contribution in [0.5, 0.6) is 0 Å². The van der Waals surface area contributed by atoms with Crippen LogP contribution in [-0.2, 0) is 16.0 Å². The molecule has 4 nitrogen and oxygen atoms in total. The summed E-state index contributed by atoms with van der Waals surface area (Å²) in [6.45, 7) is 4.20. The second kappa shape index (κ2) is 5.84. The second-order valence-corrected chi connectivity index (χ2v) is 6.54. The Hall–Kier alpha value is -0.910. The van der Waals surface area contributed by atoms with Gasteiger partial charge in [-0.2, -0.15) is 0 Å². The molecule has 0 aliphatic carbocycles. The van der Waals surface area contributed by atoms with Gasteiger partial charge in [0, 0.05) is 17.5 Å². The van der Waals surface area contributed by atoms with Crippen molar-refractivity contribution in [3.8, 4) is 0 Å². The molecule has 3 heterocycles. The lowest BCUT2D eigenvalue weighted by Crippen LogP contribution is -2.48. The van der Waals surface area contributed by atoms with Gasteiger partial charge in [-0.3, -0.25) is 4.79 Å². The summed E-state index contributed by atoms with van der Waals surface area (Å²) >= 11 is 1.82. The SMILES string of the molecule is CCC1c2ccsc2CCN1C(=O)C1COCC1NC. The molecule has 1 aromatic heterocycles. The van der Waals surface area contributed by atoms with Crippen LogP contribution in [0.25, 0.3) is 0 Å². The first-order valence-corrected chi connectivity index (χ1v) is 8.26. The van der Waals surface area contributed by atoms with Crippen molar-refractivity contribution in [1.29, 1.82) is 0 Å². The molecule has 20 heavy (non-hydrogen) atoms. The van der Waals surface area contributed by atoms with Gasteiger partial charge in [0.15, 0.2) is 0 Å². The minimum atomic E-state index is -0.0331. The molecule has 0 spiro atoms. The lowest BCUT2D eigenvalue weighted by Gasteiger charge is -2.37. The smallest absolute Gasteiger partial charge is 0.230 e. The number of hydrogen-bond acceptors (Lipinski definition) is 4. The standard InChI is InChI=1S/C15H22N2O2S/c1-3-13-10-5-7-20-14(10)4-6-17(13)15(18)11-8-19-9-12(11)16-2/h5,7,11-13,16H,3-4,6,8-9H2,1-2H3. The zero-order valence-corrected chi connectivity index (χ0v) is 12.9. The quantitative estimate of drug-likeness (QED) is 0.924. The first-order chi connectivity index (χ1) is 9.76. The highest BCUT2D eigenvalue weighted by Crippen LogP contribution is 2.36. The third kappa shape index (κ3) is 2.28. The Morgan fingerprint density at radius 1 is 1.55 bits per heavy atom. The van der Waals surface area contributed by atoms with Gasteiger partial charge in [-0.1, -0.05) is 6.92 Å². The zero-order valence-electron chi connectivity index (χ0n) is 12.1. The molecular weight excluding hydrogens is 272 g/mol. The maximum atomic E-state index is 12.9. The van der Waals surface area contributed by atoms with E-state index in [1.165, 1.54) is 10.4 Å². The van der Waals surface area contributed by atoms with Crippen LogP contribution in [0.15, 0.2) is 11.4 Å². The van der Waals surface area contributed by atoms with E-state index >= 15 is 0 Å². The highest BCUT2D eigenvalue weighted by Gasteiger charge is 2.39. The van der Waals surface area contributed by atoms with Gasteiger partial charge in [0.25, 0.3) is 0 Å². The van der Waals surface area contributed by atoms with Gasteiger partial charge in [-0.15, -0.1) is 11.3 Å². The Morgan fingerprint density at radius 2 is 2.40 bits per heavy atom. The minimum Gasteiger partial charge on any atom is -0.379 e. The number of carbonyl (C=O) groups is 1. The van der Waals surface area contributed by atoms with E-state index in [0.29, 0.717) is 13.2 Å². The molecule has 1 fully saturated rings. The summed E-state index contributed by atoms with van der Waals surface area (Å²) in [4.78, 5) is 16.4. The fourth-order valence-corrected chi connectivity index (χ4v) is 4.32. The Kier molecular flexibility index (Phi) is 4.10. The van der Waals surface area contributed by atoms with Gasteiger partial charge in [0.1, 0.15) is 0 Å². The normalized spacial score (nSPS) is 29.5. The van der Waals surface area contributed by atoms with Crippen LogP contribution < -0.4 is 5.32 Å². The molecule has 1 aromatic rings. The molecule has 5 heteroatoms. The van der Waals surface area contributed by atoms with E-state index in [-0.39, 0.29) is 23.9 Å². The van der Waals surface area contributed by atoms with E-state index in [1.54, 1.807) is 0 Å². The summed E-state index contributed by atoms with van der Waals surface area (Å²) in [5, 5.41) is 5.36. The van der Waals surface area contributed by atoms with Crippen molar-refractivity contribution in [3.05, 3.63) is 21.9 Å². The number of thiophene rings is 1. The van der Waals surface area contributed by atoms with Crippen LogP contribution in [-0.4, -0.2) is 43.7 Å². The fraction of sp³-hybridized carbons (Fsp3) is 0.667. The minimum absolute atomic E-state index is 0.0331. The van der Waals surface area contributed by atoms with Gasteiger partial charge >= 0.3 is 0 Å². The summed E-state index contributed by atoms with van der Waals surface area (Å²) in [5.41, 5.74) is 1.36. The maximum Gasteiger partial charge on any atom is 0.230 e. The van der Waals surface area contributed by atoms with Crippen LogP contribution >= 0.6 is 11.3 Å². The van der Waals surface area contributed by atoms with Crippen LogP contribution in [0, 0.1) is 5.92 Å². The molecule has 2 aliphatic rings. The molecule has 0 radical (unpaired) electrons. The third-order valence-electron chi connectivity index (χ3n) is 4.53. The van der Waals surface area contributed by atoms with Gasteiger partial charge < -0.3 is 15.0 Å². The number of rotatable bonds is 3. The maximum absolute atomic E-state index is 12.9. The number of hydrogen-bond donors (Lipinski definition) is 1. The molecule has 1 saturated heterocycles. The van der Waals surface area contributed by atoms with Crippen LogP contribution in [0.3, 0.4) is 0 Å². The third-order valence-corrected chi connectivity index (χ3v) is 5.53. The lowest BCUT2D eigenvalue weighted by molar-refractivity contribution is -0.139. The number of carbonyl (C=O) groups excluding carboxylic acids is 1. The Balaban J connectivity index is 1.81. The van der Waals surface area contributed by atoms with Crippen LogP contribution in [0.4, 0.5) is 0 Å². The number of fused-ring (bicyclic) bond motifs is 1. The van der Waals surface area contributed by atoms with E-state index in [2.05, 4.69) is 28.6 Å². The average Bonchev–Trinajstić information content (AvgIpc) is 3.13. The number of nitrogens with one attached hydrogen (secondary N) is 1. The molecule has 0 saturated carbocycles. The van der Waals surface area contributed by atoms with E-state index in [4.69, 9.17) is 4.74 Å². The molecule has 2 aliphatic heterocycles. The van der Waals surface area contributed by atoms with Crippen molar-refractivity contribution in [1.82, 2.24) is 10.2 Å². The highest BCUT2D eigenvalue weighted by molar-refractivity contribution is 7.10. The van der Waals surface area contributed by atoms with E-state index in [1.807, 2.05) is 18.4 Å². The molecule has 3 rings (SSSR count). The molecule has 1 amide bonds. The first kappa shape index (κ1) is 14.0. The lowest BCUT2D eigenvalue weighted by atomic mass is 9.94. The highest BCUT2D eigenvalue weighted by atomic mass is 32.1. The average molecular weight is 294 g/mol. The molecule has 1 N–H and O–H groups in total. The summed E-state index contributed by atoms with van der Waals surface area (Å²) in [6.07, 6.45) is 1.97. The summed E-state index contributed by atoms with van der Waals surface area (Å²) in [6, 6.07) is 2.59. The largest absolute Gasteiger partial charge is 0.379 e. The van der Waals surface area contributed by atoms with Crippen molar-refractivity contribution < 1.29 is 9.53 Å². The molecular formula is C15H22N2O2S. The predicted octanol–water partition coefficient (Wildman–Crippen LogP) is 1.82. The summed E-state index contributed by atoms with van der Waals surface area (Å²) in [7, 11) is 1.91. The van der Waals surface area contributed by atoms with Crippen molar-refractivity contribution in [2.45, 2.75) is 31.8 Å². The molecule has 3 unspecified atom stereocenters. The molecule has 0 bridgehead atoms. The molecule has 3 atom stereocenters. The Labute approximate surface area is 124 Å². The molecule has 110 valence electrons. The van der Waals surface area contributed by atoms with E-state index < -0.39 is 0 Å². The fourth-order valence-electron chi connectivity index (χ4n) is 3.40.